The lowest BCUT2D eigenvalue weighted by molar-refractivity contribution is 0.439. The smallest absolute Gasteiger partial charge is 0.137 e. The van der Waals surface area contributed by atoms with Crippen LogP contribution in [-0.2, 0) is 0 Å². The summed E-state index contributed by atoms with van der Waals surface area (Å²) >= 11 is 0. The molecule has 0 aliphatic carbocycles. The SMILES string of the molecule is N#CC(C#N)=C1C=C(C=Cc2ccccc2O)Oc2ccccc21. The molecule has 0 radical (unpaired) electrons. The van der Waals surface area contributed by atoms with Crippen molar-refractivity contribution in [2.45, 2.75) is 0 Å². The van der Waals surface area contributed by atoms with Gasteiger partial charge < -0.3 is 9.84 Å². The predicted molar refractivity (Wildman–Crippen MR) is 90.4 cm³/mol. The third kappa shape index (κ3) is 2.90. The fourth-order valence-electron chi connectivity index (χ4n) is 2.39. The second kappa shape index (κ2) is 6.56. The van der Waals surface area contributed by atoms with E-state index in [1.165, 1.54) is 0 Å². The Labute approximate surface area is 139 Å². The van der Waals surface area contributed by atoms with Crippen LogP contribution in [0.5, 0.6) is 11.5 Å². The summed E-state index contributed by atoms with van der Waals surface area (Å²) in [5, 5.41) is 28.2. The number of ether oxygens (including phenoxy) is 1. The van der Waals surface area contributed by atoms with Crippen molar-refractivity contribution in [3.05, 3.63) is 83.1 Å². The van der Waals surface area contributed by atoms with E-state index in [9.17, 15) is 15.6 Å². The molecule has 0 fully saturated rings. The van der Waals surface area contributed by atoms with Crippen molar-refractivity contribution in [2.24, 2.45) is 0 Å². The van der Waals surface area contributed by atoms with Crippen LogP contribution in [0.2, 0.25) is 0 Å². The average molecular weight is 312 g/mol. The Morgan fingerprint density at radius 1 is 0.958 bits per heavy atom. The molecule has 1 aliphatic heterocycles. The molecule has 1 heterocycles. The minimum absolute atomic E-state index is 0.0270. The minimum Gasteiger partial charge on any atom is -0.507 e. The summed E-state index contributed by atoms with van der Waals surface area (Å²) in [6.07, 6.45) is 5.06. The standard InChI is InChI=1S/C20H12N2O2/c21-12-15(13-22)18-11-16(24-20-8-4-2-6-17(18)20)10-9-14-5-1-3-7-19(14)23/h1-11,23H. The second-order valence-electron chi connectivity index (χ2n) is 5.05. The van der Waals surface area contributed by atoms with Crippen molar-refractivity contribution < 1.29 is 9.84 Å². The topological polar surface area (TPSA) is 77.0 Å². The monoisotopic (exact) mass is 312 g/mol. The van der Waals surface area contributed by atoms with Gasteiger partial charge >= 0.3 is 0 Å². The summed E-state index contributed by atoms with van der Waals surface area (Å²) in [6.45, 7) is 0. The molecule has 4 nitrogen and oxygen atoms in total. The zero-order chi connectivity index (χ0) is 16.9. The molecule has 0 bridgehead atoms. The number of phenols is 1. The fourth-order valence-corrected chi connectivity index (χ4v) is 2.39. The first-order valence-corrected chi connectivity index (χ1v) is 7.22. The lowest BCUT2D eigenvalue weighted by Crippen LogP contribution is -2.03. The molecule has 2 aromatic rings. The number of rotatable bonds is 2. The molecule has 1 aliphatic rings. The van der Waals surface area contributed by atoms with E-state index in [0.29, 0.717) is 28.2 Å². The number of fused-ring (bicyclic) bond motifs is 1. The third-order valence-electron chi connectivity index (χ3n) is 3.55. The number of para-hydroxylation sites is 2. The second-order valence-corrected chi connectivity index (χ2v) is 5.05. The number of aromatic hydroxyl groups is 1. The van der Waals surface area contributed by atoms with Gasteiger partial charge in [-0.25, -0.2) is 0 Å². The highest BCUT2D eigenvalue weighted by Crippen LogP contribution is 2.35. The quantitative estimate of drug-likeness (QED) is 0.844. The van der Waals surface area contributed by atoms with Crippen molar-refractivity contribution in [3.8, 4) is 23.6 Å². The van der Waals surface area contributed by atoms with E-state index in [0.717, 1.165) is 0 Å². The lowest BCUT2D eigenvalue weighted by Gasteiger charge is -2.18. The van der Waals surface area contributed by atoms with Gasteiger partial charge in [0.1, 0.15) is 35.0 Å². The van der Waals surface area contributed by atoms with Crippen molar-refractivity contribution in [3.63, 3.8) is 0 Å². The molecule has 24 heavy (non-hydrogen) atoms. The number of hydrogen-bond acceptors (Lipinski definition) is 4. The van der Waals surface area contributed by atoms with Gasteiger partial charge in [0.15, 0.2) is 0 Å². The van der Waals surface area contributed by atoms with Crippen LogP contribution in [0.4, 0.5) is 0 Å². The summed E-state index contributed by atoms with van der Waals surface area (Å²) < 4.78 is 5.80. The van der Waals surface area contributed by atoms with Crippen molar-refractivity contribution in [1.82, 2.24) is 0 Å². The van der Waals surface area contributed by atoms with Gasteiger partial charge in [-0.2, -0.15) is 10.5 Å². The van der Waals surface area contributed by atoms with Gasteiger partial charge in [-0.3, -0.25) is 0 Å². The Morgan fingerprint density at radius 3 is 2.42 bits per heavy atom. The number of nitriles is 2. The van der Waals surface area contributed by atoms with Gasteiger partial charge in [0.25, 0.3) is 0 Å². The van der Waals surface area contributed by atoms with Crippen LogP contribution in [0, 0.1) is 22.7 Å². The van der Waals surface area contributed by atoms with Crippen LogP contribution < -0.4 is 4.74 Å². The maximum Gasteiger partial charge on any atom is 0.137 e. The van der Waals surface area contributed by atoms with Crippen LogP contribution in [0.3, 0.4) is 0 Å². The Bertz CT molecular complexity index is 954. The fraction of sp³-hybridized carbons (Fsp3) is 0. The summed E-state index contributed by atoms with van der Waals surface area (Å²) in [6, 6.07) is 18.0. The van der Waals surface area contributed by atoms with Crippen LogP contribution in [0.1, 0.15) is 11.1 Å². The molecular weight excluding hydrogens is 300 g/mol. The van der Waals surface area contributed by atoms with E-state index in [2.05, 4.69) is 0 Å². The molecule has 0 unspecified atom stereocenters. The van der Waals surface area contributed by atoms with Gasteiger partial charge in [0.2, 0.25) is 0 Å². The van der Waals surface area contributed by atoms with Gasteiger partial charge in [-0.05, 0) is 30.4 Å². The summed E-state index contributed by atoms with van der Waals surface area (Å²) in [4.78, 5) is 0. The Hall–Kier alpha value is -3.76. The van der Waals surface area contributed by atoms with Crippen LogP contribution in [-0.4, -0.2) is 5.11 Å². The highest BCUT2D eigenvalue weighted by atomic mass is 16.5. The minimum atomic E-state index is 0.0270. The predicted octanol–water partition coefficient (Wildman–Crippen LogP) is 4.18. The van der Waals surface area contributed by atoms with Gasteiger partial charge in [-0.15, -0.1) is 0 Å². The number of hydrogen-bond donors (Lipinski definition) is 1. The van der Waals surface area contributed by atoms with E-state index >= 15 is 0 Å². The van der Waals surface area contributed by atoms with E-state index in [1.54, 1.807) is 48.6 Å². The summed E-state index contributed by atoms with van der Waals surface area (Å²) in [5.41, 5.74) is 1.90. The Morgan fingerprint density at radius 2 is 1.67 bits per heavy atom. The zero-order valence-electron chi connectivity index (χ0n) is 12.6. The highest BCUT2D eigenvalue weighted by Gasteiger charge is 2.18. The normalized spacial score (nSPS) is 12.6. The highest BCUT2D eigenvalue weighted by molar-refractivity contribution is 5.87. The van der Waals surface area contributed by atoms with Crippen molar-refractivity contribution in [2.75, 3.05) is 0 Å². The molecule has 0 amide bonds. The molecule has 4 heteroatoms. The first-order valence-electron chi connectivity index (χ1n) is 7.22. The number of allylic oxidation sites excluding steroid dienone is 4. The van der Waals surface area contributed by atoms with Gasteiger partial charge in [-0.1, -0.05) is 36.4 Å². The number of phenolic OH excluding ortho intramolecular Hbond substituents is 1. The largest absolute Gasteiger partial charge is 0.507 e. The maximum absolute atomic E-state index is 9.81. The van der Waals surface area contributed by atoms with Crippen LogP contribution in [0.15, 0.2) is 72.0 Å². The van der Waals surface area contributed by atoms with Crippen LogP contribution in [0.25, 0.3) is 11.6 Å². The van der Waals surface area contributed by atoms with Gasteiger partial charge in [0, 0.05) is 16.7 Å². The van der Waals surface area contributed by atoms with Crippen molar-refractivity contribution >= 4 is 11.6 Å². The Kier molecular flexibility index (Phi) is 4.14. The molecule has 1 N–H and O–H groups in total. The average Bonchev–Trinajstić information content (AvgIpc) is 2.62. The third-order valence-corrected chi connectivity index (χ3v) is 3.55. The molecule has 2 aromatic carbocycles. The van der Waals surface area contributed by atoms with E-state index in [-0.39, 0.29) is 11.3 Å². The van der Waals surface area contributed by atoms with Gasteiger partial charge in [0.05, 0.1) is 0 Å². The molecule has 0 saturated heterocycles. The molecule has 3 rings (SSSR count). The lowest BCUT2D eigenvalue weighted by atomic mass is 9.97. The first kappa shape index (κ1) is 15.1. The molecule has 0 aromatic heterocycles. The summed E-state index contributed by atoms with van der Waals surface area (Å²) in [5.74, 6) is 1.22. The maximum atomic E-state index is 9.81. The first-order chi connectivity index (χ1) is 11.7. The van der Waals surface area contributed by atoms with Crippen molar-refractivity contribution in [1.29, 1.82) is 10.5 Å². The zero-order valence-corrected chi connectivity index (χ0v) is 12.6. The van der Waals surface area contributed by atoms with E-state index < -0.39 is 0 Å². The molecule has 0 spiro atoms. The summed E-state index contributed by atoms with van der Waals surface area (Å²) in [7, 11) is 0. The van der Waals surface area contributed by atoms with Crippen LogP contribution >= 0.6 is 0 Å². The van der Waals surface area contributed by atoms with E-state index in [1.807, 2.05) is 30.3 Å². The van der Waals surface area contributed by atoms with E-state index in [4.69, 9.17) is 4.74 Å². The molecule has 0 atom stereocenters. The number of benzene rings is 2. The number of nitrogens with zero attached hydrogens (tertiary/aromatic N) is 2. The molecular formula is C20H12N2O2. The molecule has 114 valence electrons. The molecule has 0 saturated carbocycles. The Balaban J connectivity index is 2.05.